The minimum absolute atomic E-state index is 0. The molecule has 0 spiro atoms. The first kappa shape index (κ1) is 38.9. The molecule has 0 radical (unpaired) electrons. The van der Waals surface area contributed by atoms with Crippen molar-refractivity contribution in [3.05, 3.63) is 0 Å². The number of phosphoric ester groups is 1. The van der Waals surface area contributed by atoms with E-state index in [1.54, 1.807) is 0 Å². The minimum Gasteiger partial charge on any atom is -0.790 e. The maximum atomic E-state index is 11.0. The molecule has 31 heavy (non-hydrogen) atoms. The molecule has 0 rings (SSSR count). The molecular weight excluding hydrogens is 461 g/mol. The van der Waals surface area contributed by atoms with E-state index in [0.717, 1.165) is 25.7 Å². The van der Waals surface area contributed by atoms with Crippen LogP contribution in [0.1, 0.15) is 149 Å². The van der Waals surface area contributed by atoms with E-state index in [9.17, 15) is 14.4 Å². The maximum Gasteiger partial charge on any atom is 1.00 e. The summed E-state index contributed by atoms with van der Waals surface area (Å²) in [6.07, 6.45) is 24.7. The molecule has 0 fully saturated rings. The Labute approximate surface area is 279 Å². The van der Waals surface area contributed by atoms with E-state index in [2.05, 4.69) is 13.8 Å². The van der Waals surface area contributed by atoms with Gasteiger partial charge >= 0.3 is 103 Å². The monoisotopic (exact) mass is 510 g/mol. The van der Waals surface area contributed by atoms with Crippen LogP contribution in [-0.4, -0.2) is 6.10 Å². The Morgan fingerprint density at radius 2 is 0.806 bits per heavy atom. The summed E-state index contributed by atoms with van der Waals surface area (Å²) in [6.45, 7) is 4.45. The molecule has 1 atom stereocenters. The van der Waals surface area contributed by atoms with Crippen molar-refractivity contribution in [2.24, 2.45) is 0 Å². The zero-order valence-corrected chi connectivity index (χ0v) is 28.6. The van der Waals surface area contributed by atoms with Gasteiger partial charge in [0.15, 0.2) is 0 Å². The standard InChI is InChI=1S/C24H51O4P.2K/c1-3-5-7-9-11-12-13-14-15-16-17-19-21-23-24(28-29(25,26)27)22-20-18-10-8-6-4-2;;/h24H,3-23H2,1-2H3,(H2,25,26,27);;/q;2*+1/p-2. The molecule has 4 nitrogen and oxygen atoms in total. The third-order valence-electron chi connectivity index (χ3n) is 5.79. The van der Waals surface area contributed by atoms with E-state index >= 15 is 0 Å². The van der Waals surface area contributed by atoms with Crippen LogP contribution in [-0.2, 0) is 9.09 Å². The first-order valence-corrected chi connectivity index (χ1v) is 14.2. The van der Waals surface area contributed by atoms with Crippen LogP contribution in [0.4, 0.5) is 0 Å². The van der Waals surface area contributed by atoms with Crippen molar-refractivity contribution in [2.45, 2.75) is 155 Å². The first-order chi connectivity index (χ1) is 14.0. The van der Waals surface area contributed by atoms with Gasteiger partial charge in [0.05, 0.1) is 13.9 Å². The van der Waals surface area contributed by atoms with Gasteiger partial charge in [-0.25, -0.2) is 0 Å². The van der Waals surface area contributed by atoms with Gasteiger partial charge < -0.3 is 18.9 Å². The Morgan fingerprint density at radius 1 is 0.548 bits per heavy atom. The van der Waals surface area contributed by atoms with Gasteiger partial charge in [0.1, 0.15) is 0 Å². The van der Waals surface area contributed by atoms with Crippen molar-refractivity contribution in [3.8, 4) is 0 Å². The largest absolute Gasteiger partial charge is 1.00 e. The molecule has 176 valence electrons. The summed E-state index contributed by atoms with van der Waals surface area (Å²) < 4.78 is 15.8. The molecule has 0 bridgehead atoms. The molecule has 1 unspecified atom stereocenters. The van der Waals surface area contributed by atoms with E-state index in [4.69, 9.17) is 4.52 Å². The van der Waals surface area contributed by atoms with Gasteiger partial charge in [0.2, 0.25) is 0 Å². The van der Waals surface area contributed by atoms with Crippen molar-refractivity contribution in [2.75, 3.05) is 0 Å². The second-order valence-electron chi connectivity index (χ2n) is 8.76. The van der Waals surface area contributed by atoms with Crippen LogP contribution < -0.4 is 113 Å². The summed E-state index contributed by atoms with van der Waals surface area (Å²) in [7, 11) is -4.87. The van der Waals surface area contributed by atoms with Gasteiger partial charge in [0, 0.05) is 0 Å². The molecule has 0 aromatic rings. The minimum atomic E-state index is -4.87. The Bertz CT molecular complexity index is 381. The Balaban J connectivity index is -0.00000392. The molecule has 0 amide bonds. The van der Waals surface area contributed by atoms with Gasteiger partial charge in [-0.15, -0.1) is 0 Å². The van der Waals surface area contributed by atoms with Crippen LogP contribution in [0.5, 0.6) is 0 Å². The number of unbranched alkanes of at least 4 members (excludes halogenated alkanes) is 17. The molecule has 0 saturated carbocycles. The number of hydrogen-bond donors (Lipinski definition) is 0. The molecule has 0 N–H and O–H groups in total. The van der Waals surface area contributed by atoms with E-state index < -0.39 is 13.9 Å². The van der Waals surface area contributed by atoms with Crippen LogP contribution in [0.25, 0.3) is 0 Å². The number of hydrogen-bond acceptors (Lipinski definition) is 4. The van der Waals surface area contributed by atoms with E-state index in [-0.39, 0.29) is 103 Å². The van der Waals surface area contributed by atoms with Crippen molar-refractivity contribution < 1.29 is 122 Å². The van der Waals surface area contributed by atoms with Crippen LogP contribution in [0, 0.1) is 0 Å². The summed E-state index contributed by atoms with van der Waals surface area (Å²) in [6, 6.07) is 0. The summed E-state index contributed by atoms with van der Waals surface area (Å²) in [5, 5.41) is 0. The fourth-order valence-electron chi connectivity index (χ4n) is 3.97. The Kier molecular flexibility index (Phi) is 37.2. The predicted octanol–water partition coefficient (Wildman–Crippen LogP) is 1.44. The molecule has 0 aliphatic carbocycles. The average Bonchev–Trinajstić information content (AvgIpc) is 2.66. The van der Waals surface area contributed by atoms with Crippen LogP contribution in [0.2, 0.25) is 0 Å². The Morgan fingerprint density at radius 3 is 1.06 bits per heavy atom. The quantitative estimate of drug-likeness (QED) is 0.118. The van der Waals surface area contributed by atoms with Crippen molar-refractivity contribution >= 4 is 7.82 Å². The van der Waals surface area contributed by atoms with Crippen molar-refractivity contribution in [3.63, 3.8) is 0 Å². The Hall–Kier alpha value is 3.38. The fourth-order valence-corrected chi connectivity index (χ4v) is 4.55. The summed E-state index contributed by atoms with van der Waals surface area (Å²) in [5.74, 6) is 0. The summed E-state index contributed by atoms with van der Waals surface area (Å²) >= 11 is 0. The first-order valence-electron chi connectivity index (χ1n) is 12.7. The fraction of sp³-hybridized carbons (Fsp3) is 1.00. The van der Waals surface area contributed by atoms with Crippen molar-refractivity contribution in [1.29, 1.82) is 0 Å². The molecule has 0 saturated heterocycles. The third-order valence-corrected chi connectivity index (χ3v) is 6.34. The summed E-state index contributed by atoms with van der Waals surface area (Å²) in [5.41, 5.74) is 0. The smallest absolute Gasteiger partial charge is 0.790 e. The third kappa shape index (κ3) is 33.4. The van der Waals surface area contributed by atoms with Crippen LogP contribution >= 0.6 is 7.82 Å². The molecule has 7 heteroatoms. The molecule has 0 aromatic heterocycles. The molecule has 0 aliphatic heterocycles. The van der Waals surface area contributed by atoms with E-state index in [1.165, 1.54) is 96.3 Å². The van der Waals surface area contributed by atoms with Gasteiger partial charge in [0.25, 0.3) is 0 Å². The number of rotatable bonds is 23. The molecule has 0 heterocycles. The second kappa shape index (κ2) is 29.6. The zero-order chi connectivity index (χ0) is 21.6. The molecule has 0 aliphatic rings. The van der Waals surface area contributed by atoms with Crippen LogP contribution in [0.15, 0.2) is 0 Å². The van der Waals surface area contributed by atoms with Gasteiger partial charge in [-0.05, 0) is 12.8 Å². The van der Waals surface area contributed by atoms with E-state index in [0.29, 0.717) is 12.8 Å². The van der Waals surface area contributed by atoms with E-state index in [1.807, 2.05) is 0 Å². The maximum absolute atomic E-state index is 11.0. The zero-order valence-electron chi connectivity index (χ0n) is 21.5. The van der Waals surface area contributed by atoms with Gasteiger partial charge in [-0.2, -0.15) is 0 Å². The van der Waals surface area contributed by atoms with Gasteiger partial charge in [-0.3, -0.25) is 0 Å². The van der Waals surface area contributed by atoms with Crippen LogP contribution in [0.3, 0.4) is 0 Å². The topological polar surface area (TPSA) is 72.4 Å². The normalized spacial score (nSPS) is 12.3. The molecule has 0 aromatic carbocycles. The average molecular weight is 511 g/mol. The number of phosphoric acid groups is 1. The van der Waals surface area contributed by atoms with Crippen molar-refractivity contribution in [1.82, 2.24) is 0 Å². The second-order valence-corrected chi connectivity index (χ2v) is 9.87. The van der Waals surface area contributed by atoms with Gasteiger partial charge in [-0.1, -0.05) is 136 Å². The molecular formula is C24H49K2O4P. The summed E-state index contributed by atoms with van der Waals surface area (Å²) in [4.78, 5) is 22.0. The SMILES string of the molecule is CCCCCCCCCCCCCCCC(CCCCCCCC)OP(=O)([O-])[O-].[K+].[K+]. The predicted molar refractivity (Wildman–Crippen MR) is 121 cm³/mol.